The third-order valence-electron chi connectivity index (χ3n) is 2.15. The van der Waals surface area contributed by atoms with E-state index in [4.69, 9.17) is 5.73 Å². The molecule has 0 aliphatic rings. The molecule has 0 radical (unpaired) electrons. The molecule has 2 atom stereocenters. The summed E-state index contributed by atoms with van der Waals surface area (Å²) in [6.45, 7) is 6.28. The van der Waals surface area contributed by atoms with Gasteiger partial charge in [-0.25, -0.2) is 0 Å². The molecule has 0 bridgehead atoms. The van der Waals surface area contributed by atoms with Gasteiger partial charge in [-0.05, 0) is 24.8 Å². The number of hydrogen-bond acceptors (Lipinski definition) is 2. The molecule has 0 spiro atoms. The number of rotatable bonds is 5. The van der Waals surface area contributed by atoms with Gasteiger partial charge in [-0.3, -0.25) is 0 Å². The van der Waals surface area contributed by atoms with Crippen molar-refractivity contribution in [3.8, 4) is 0 Å². The van der Waals surface area contributed by atoms with Crippen LogP contribution < -0.4 is 5.73 Å². The third kappa shape index (κ3) is 4.39. The molecule has 0 amide bonds. The lowest BCUT2D eigenvalue weighted by atomic mass is 9.98. The molecule has 3 N–H and O–H groups in total. The average molecular weight is 171 g/mol. The van der Waals surface area contributed by atoms with E-state index in [1.165, 1.54) is 0 Å². The van der Waals surface area contributed by atoms with Crippen LogP contribution in [-0.2, 0) is 0 Å². The topological polar surface area (TPSA) is 46.2 Å². The molecule has 0 aromatic heterocycles. The molecule has 0 aromatic carbocycles. The SMILES string of the molecule is CC/C=C(/O)[C@@H](N)CC(C)CC. The highest BCUT2D eigenvalue weighted by molar-refractivity contribution is 4.99. The van der Waals surface area contributed by atoms with E-state index in [1.807, 2.05) is 6.92 Å². The number of hydrogen-bond donors (Lipinski definition) is 2. The number of allylic oxidation sites excluding steroid dienone is 1. The summed E-state index contributed by atoms with van der Waals surface area (Å²) < 4.78 is 0. The van der Waals surface area contributed by atoms with Crippen molar-refractivity contribution in [2.24, 2.45) is 11.7 Å². The third-order valence-corrected chi connectivity index (χ3v) is 2.15. The Labute approximate surface area is 75.5 Å². The van der Waals surface area contributed by atoms with Gasteiger partial charge >= 0.3 is 0 Å². The van der Waals surface area contributed by atoms with Crippen molar-refractivity contribution in [2.45, 2.75) is 46.1 Å². The highest BCUT2D eigenvalue weighted by Gasteiger charge is 2.10. The minimum Gasteiger partial charge on any atom is -0.511 e. The van der Waals surface area contributed by atoms with Crippen LogP contribution in [-0.4, -0.2) is 11.1 Å². The highest BCUT2D eigenvalue weighted by Crippen LogP contribution is 2.12. The summed E-state index contributed by atoms with van der Waals surface area (Å²) in [4.78, 5) is 0. The van der Waals surface area contributed by atoms with E-state index in [0.717, 1.165) is 19.3 Å². The molecule has 12 heavy (non-hydrogen) atoms. The summed E-state index contributed by atoms with van der Waals surface area (Å²) >= 11 is 0. The Hall–Kier alpha value is -0.500. The Morgan fingerprint density at radius 3 is 2.50 bits per heavy atom. The van der Waals surface area contributed by atoms with Gasteiger partial charge < -0.3 is 10.8 Å². The Bertz CT molecular complexity index is 143. The maximum Gasteiger partial charge on any atom is 0.105 e. The van der Waals surface area contributed by atoms with Crippen molar-refractivity contribution >= 4 is 0 Å². The average Bonchev–Trinajstić information content (AvgIpc) is 2.04. The number of aliphatic hydroxyl groups is 1. The summed E-state index contributed by atoms with van der Waals surface area (Å²) in [6.07, 6.45) is 4.62. The molecular formula is C10H21NO. The molecule has 0 saturated carbocycles. The quantitative estimate of drug-likeness (QED) is 0.624. The maximum absolute atomic E-state index is 9.40. The van der Waals surface area contributed by atoms with Gasteiger partial charge in [0.25, 0.3) is 0 Å². The van der Waals surface area contributed by atoms with Crippen LogP contribution in [0.5, 0.6) is 0 Å². The van der Waals surface area contributed by atoms with Gasteiger partial charge in [-0.1, -0.05) is 27.2 Å². The van der Waals surface area contributed by atoms with Crippen molar-refractivity contribution in [3.63, 3.8) is 0 Å². The lowest BCUT2D eigenvalue weighted by Crippen LogP contribution is -2.25. The van der Waals surface area contributed by atoms with E-state index in [0.29, 0.717) is 11.7 Å². The number of nitrogens with two attached hydrogens (primary N) is 1. The lowest BCUT2D eigenvalue weighted by molar-refractivity contribution is 0.335. The van der Waals surface area contributed by atoms with Crippen molar-refractivity contribution in [3.05, 3.63) is 11.8 Å². The molecule has 0 rings (SSSR count). The first kappa shape index (κ1) is 11.5. The van der Waals surface area contributed by atoms with E-state index in [-0.39, 0.29) is 6.04 Å². The smallest absolute Gasteiger partial charge is 0.105 e. The Kier molecular flexibility index (Phi) is 5.81. The molecule has 0 saturated heterocycles. The Morgan fingerprint density at radius 1 is 1.50 bits per heavy atom. The van der Waals surface area contributed by atoms with Gasteiger partial charge in [0.2, 0.25) is 0 Å². The normalized spacial score (nSPS) is 17.5. The van der Waals surface area contributed by atoms with E-state index < -0.39 is 0 Å². The summed E-state index contributed by atoms with van der Waals surface area (Å²) in [6, 6.07) is -0.167. The largest absolute Gasteiger partial charge is 0.511 e. The van der Waals surface area contributed by atoms with Crippen LogP contribution in [0.15, 0.2) is 11.8 Å². The summed E-state index contributed by atoms with van der Waals surface area (Å²) in [5, 5.41) is 9.40. The van der Waals surface area contributed by atoms with E-state index in [2.05, 4.69) is 13.8 Å². The van der Waals surface area contributed by atoms with Crippen LogP contribution in [0.4, 0.5) is 0 Å². The van der Waals surface area contributed by atoms with Gasteiger partial charge in [-0.15, -0.1) is 0 Å². The van der Waals surface area contributed by atoms with Crippen LogP contribution in [0, 0.1) is 5.92 Å². The van der Waals surface area contributed by atoms with Gasteiger partial charge in [0, 0.05) is 0 Å². The molecule has 72 valence electrons. The van der Waals surface area contributed by atoms with Crippen molar-refractivity contribution in [2.75, 3.05) is 0 Å². The monoisotopic (exact) mass is 171 g/mol. The molecule has 2 nitrogen and oxygen atoms in total. The van der Waals surface area contributed by atoms with Crippen LogP contribution in [0.3, 0.4) is 0 Å². The zero-order valence-corrected chi connectivity index (χ0v) is 8.38. The predicted molar refractivity (Wildman–Crippen MR) is 53.1 cm³/mol. The van der Waals surface area contributed by atoms with Crippen LogP contribution >= 0.6 is 0 Å². The molecule has 1 unspecified atom stereocenters. The van der Waals surface area contributed by atoms with Crippen molar-refractivity contribution < 1.29 is 5.11 Å². The van der Waals surface area contributed by atoms with Crippen LogP contribution in [0.1, 0.15) is 40.0 Å². The van der Waals surface area contributed by atoms with E-state index >= 15 is 0 Å². The Balaban J connectivity index is 3.86. The molecule has 2 heteroatoms. The van der Waals surface area contributed by atoms with Crippen LogP contribution in [0.25, 0.3) is 0 Å². The van der Waals surface area contributed by atoms with Crippen molar-refractivity contribution in [1.82, 2.24) is 0 Å². The first-order valence-corrected chi connectivity index (χ1v) is 4.76. The predicted octanol–water partition coefficient (Wildman–Crippen LogP) is 2.60. The minimum atomic E-state index is -0.167. The van der Waals surface area contributed by atoms with E-state index in [9.17, 15) is 5.11 Å². The molecule has 0 fully saturated rings. The fraction of sp³-hybridized carbons (Fsp3) is 0.800. The molecule has 0 aliphatic heterocycles. The molecule has 0 heterocycles. The molecular weight excluding hydrogens is 150 g/mol. The zero-order valence-electron chi connectivity index (χ0n) is 8.38. The van der Waals surface area contributed by atoms with Crippen molar-refractivity contribution in [1.29, 1.82) is 0 Å². The van der Waals surface area contributed by atoms with E-state index in [1.54, 1.807) is 6.08 Å². The van der Waals surface area contributed by atoms with Gasteiger partial charge in [-0.2, -0.15) is 0 Å². The van der Waals surface area contributed by atoms with Gasteiger partial charge in [0.1, 0.15) is 5.76 Å². The lowest BCUT2D eigenvalue weighted by Gasteiger charge is -2.14. The first-order valence-electron chi connectivity index (χ1n) is 4.76. The zero-order chi connectivity index (χ0) is 9.56. The first-order chi connectivity index (χ1) is 5.61. The number of aliphatic hydroxyl groups excluding tert-OH is 1. The molecule has 0 aliphatic carbocycles. The second-order valence-electron chi connectivity index (χ2n) is 3.39. The second kappa shape index (κ2) is 6.06. The standard InChI is InChI=1S/C10H21NO/c1-4-6-10(12)9(11)7-8(3)5-2/h6,8-9,12H,4-5,7,11H2,1-3H3/b10-6+/t8?,9-/m0/s1. The van der Waals surface area contributed by atoms with Gasteiger partial charge in [0.15, 0.2) is 0 Å². The van der Waals surface area contributed by atoms with Gasteiger partial charge in [0.05, 0.1) is 6.04 Å². The summed E-state index contributed by atoms with van der Waals surface area (Å²) in [5.74, 6) is 0.935. The fourth-order valence-corrected chi connectivity index (χ4v) is 1.08. The Morgan fingerprint density at radius 2 is 2.08 bits per heavy atom. The second-order valence-corrected chi connectivity index (χ2v) is 3.39. The highest BCUT2D eigenvalue weighted by atomic mass is 16.3. The summed E-state index contributed by atoms with van der Waals surface area (Å²) in [7, 11) is 0. The fourth-order valence-electron chi connectivity index (χ4n) is 1.08. The molecule has 0 aromatic rings. The maximum atomic E-state index is 9.40. The summed E-state index contributed by atoms with van der Waals surface area (Å²) in [5.41, 5.74) is 5.76. The minimum absolute atomic E-state index is 0.167. The van der Waals surface area contributed by atoms with Crippen LogP contribution in [0.2, 0.25) is 0 Å².